The van der Waals surface area contributed by atoms with E-state index in [1.807, 2.05) is 37.3 Å². The minimum atomic E-state index is -0.505. The van der Waals surface area contributed by atoms with E-state index in [1.165, 1.54) is 53.6 Å². The monoisotopic (exact) mass is 789 g/mol. The van der Waals surface area contributed by atoms with Crippen LogP contribution in [0, 0.1) is 0 Å². The van der Waals surface area contributed by atoms with E-state index in [0.29, 0.717) is 0 Å². The van der Waals surface area contributed by atoms with Gasteiger partial charge in [0.05, 0.1) is 9.89 Å². The van der Waals surface area contributed by atoms with Gasteiger partial charge in [-0.15, -0.1) is 11.3 Å². The third kappa shape index (κ3) is 5.12. The SMILES string of the molecule is Brc1cc(N(c2ccc3c(c2)C(c2ccccc2)(c2ccccc2)c2ccccc2-3)c2ccc3sc4ccccc4c3c2)cc2c1oc1ccccc12.CC. The highest BCUT2D eigenvalue weighted by atomic mass is 79.9. The first-order chi connectivity index (χ1) is 27.2. The van der Waals surface area contributed by atoms with Crippen molar-refractivity contribution in [2.45, 2.75) is 19.3 Å². The largest absolute Gasteiger partial charge is 0.455 e. The number of hydrogen-bond donors (Lipinski definition) is 0. The summed E-state index contributed by atoms with van der Waals surface area (Å²) >= 11 is 5.78. The van der Waals surface area contributed by atoms with Crippen LogP contribution >= 0.6 is 27.3 Å². The molecule has 0 saturated carbocycles. The smallest absolute Gasteiger partial charge is 0.149 e. The molecule has 0 unspecified atom stereocenters. The average Bonchev–Trinajstić information content (AvgIpc) is 3.91. The fourth-order valence-electron chi connectivity index (χ4n) is 8.77. The minimum absolute atomic E-state index is 0.505. The van der Waals surface area contributed by atoms with Crippen LogP contribution in [0.5, 0.6) is 0 Å². The van der Waals surface area contributed by atoms with Crippen molar-refractivity contribution in [1.82, 2.24) is 0 Å². The Morgan fingerprint density at radius 1 is 0.473 bits per heavy atom. The molecule has 2 nitrogen and oxygen atoms in total. The minimum Gasteiger partial charge on any atom is -0.455 e. The summed E-state index contributed by atoms with van der Waals surface area (Å²) in [5.74, 6) is 0. The van der Waals surface area contributed by atoms with Crippen LogP contribution in [0.3, 0.4) is 0 Å². The first kappa shape index (κ1) is 33.6. The van der Waals surface area contributed by atoms with Crippen molar-refractivity contribution < 1.29 is 4.42 Å². The van der Waals surface area contributed by atoms with Gasteiger partial charge in [0.1, 0.15) is 11.2 Å². The molecule has 4 heteroatoms. The van der Waals surface area contributed by atoms with E-state index < -0.39 is 5.41 Å². The molecule has 0 fully saturated rings. The van der Waals surface area contributed by atoms with Crippen molar-refractivity contribution >= 4 is 86.4 Å². The third-order valence-corrected chi connectivity index (χ3v) is 12.7. The molecule has 0 atom stereocenters. The van der Waals surface area contributed by atoms with Crippen molar-refractivity contribution in [3.63, 3.8) is 0 Å². The van der Waals surface area contributed by atoms with Gasteiger partial charge >= 0.3 is 0 Å². The summed E-state index contributed by atoms with van der Waals surface area (Å²) in [6, 6.07) is 66.5. The molecule has 0 N–H and O–H groups in total. The number of thiophene rings is 1. The van der Waals surface area contributed by atoms with Crippen LogP contribution in [-0.2, 0) is 5.41 Å². The van der Waals surface area contributed by atoms with Gasteiger partial charge in [0, 0.05) is 48.0 Å². The van der Waals surface area contributed by atoms with Crippen molar-refractivity contribution in [3.05, 3.63) is 209 Å². The lowest BCUT2D eigenvalue weighted by molar-refractivity contribution is 0.667. The number of rotatable bonds is 5. The highest BCUT2D eigenvalue weighted by molar-refractivity contribution is 9.10. The molecule has 0 bridgehead atoms. The van der Waals surface area contributed by atoms with Crippen molar-refractivity contribution in [3.8, 4) is 11.1 Å². The molecule has 0 amide bonds. The normalized spacial score (nSPS) is 12.8. The number of hydrogen-bond acceptors (Lipinski definition) is 3. The molecule has 0 spiro atoms. The second-order valence-electron chi connectivity index (χ2n) is 13.8. The molecular weight excluding hydrogens is 755 g/mol. The molecule has 0 saturated heterocycles. The first-order valence-electron chi connectivity index (χ1n) is 18.9. The van der Waals surface area contributed by atoms with Crippen molar-refractivity contribution in [1.29, 1.82) is 0 Å². The number of benzene rings is 8. The molecule has 11 rings (SSSR count). The van der Waals surface area contributed by atoms with Gasteiger partial charge < -0.3 is 9.32 Å². The fraction of sp³-hybridized carbons (Fsp3) is 0.0588. The lowest BCUT2D eigenvalue weighted by Gasteiger charge is -2.35. The van der Waals surface area contributed by atoms with Crippen LogP contribution in [0.2, 0.25) is 0 Å². The summed E-state index contributed by atoms with van der Waals surface area (Å²) in [6.45, 7) is 4.00. The average molecular weight is 791 g/mol. The summed E-state index contributed by atoms with van der Waals surface area (Å²) in [5.41, 5.74) is 12.1. The Hall–Kier alpha value is -5.94. The quantitative estimate of drug-likeness (QED) is 0.173. The van der Waals surface area contributed by atoms with Gasteiger partial charge in [-0.05, 0) is 104 Å². The Morgan fingerprint density at radius 3 is 1.84 bits per heavy atom. The van der Waals surface area contributed by atoms with E-state index in [9.17, 15) is 0 Å². The zero-order valence-corrected chi connectivity index (χ0v) is 32.9. The molecule has 2 heterocycles. The molecule has 8 aromatic carbocycles. The van der Waals surface area contributed by atoms with Crippen molar-refractivity contribution in [2.75, 3.05) is 4.90 Å². The predicted molar refractivity (Wildman–Crippen MR) is 238 cm³/mol. The van der Waals surface area contributed by atoms with Crippen LogP contribution in [-0.4, -0.2) is 0 Å². The van der Waals surface area contributed by atoms with Gasteiger partial charge in [-0.25, -0.2) is 0 Å². The molecule has 10 aromatic rings. The predicted octanol–water partition coefficient (Wildman–Crippen LogP) is 15.6. The lowest BCUT2D eigenvalue weighted by atomic mass is 9.67. The van der Waals surface area contributed by atoms with Gasteiger partial charge in [-0.2, -0.15) is 0 Å². The van der Waals surface area contributed by atoms with E-state index in [-0.39, 0.29) is 0 Å². The highest BCUT2D eigenvalue weighted by Crippen LogP contribution is 2.57. The van der Waals surface area contributed by atoms with Gasteiger partial charge in [0.2, 0.25) is 0 Å². The number of fused-ring (bicyclic) bond motifs is 9. The topological polar surface area (TPSA) is 16.4 Å². The summed E-state index contributed by atoms with van der Waals surface area (Å²) < 4.78 is 9.88. The summed E-state index contributed by atoms with van der Waals surface area (Å²) in [7, 11) is 0. The molecule has 2 aromatic heterocycles. The molecule has 264 valence electrons. The number of halogens is 1. The Kier molecular flexibility index (Phi) is 8.20. The number of para-hydroxylation sites is 1. The molecular formula is C51H36BrNOS. The second kappa shape index (κ2) is 13.4. The zero-order valence-electron chi connectivity index (χ0n) is 30.5. The Morgan fingerprint density at radius 2 is 1.05 bits per heavy atom. The summed E-state index contributed by atoms with van der Waals surface area (Å²) in [5, 5.41) is 4.72. The molecule has 1 aliphatic carbocycles. The second-order valence-corrected chi connectivity index (χ2v) is 15.7. The molecule has 0 radical (unpaired) electrons. The summed E-state index contributed by atoms with van der Waals surface area (Å²) in [4.78, 5) is 2.42. The maximum atomic E-state index is 6.38. The van der Waals surface area contributed by atoms with E-state index in [1.54, 1.807) is 0 Å². The first-order valence-corrected chi connectivity index (χ1v) is 20.5. The maximum absolute atomic E-state index is 6.38. The van der Waals surface area contributed by atoms with E-state index in [2.05, 4.69) is 191 Å². The highest BCUT2D eigenvalue weighted by Gasteiger charge is 2.46. The Balaban J connectivity index is 0.00000183. The lowest BCUT2D eigenvalue weighted by Crippen LogP contribution is -2.28. The van der Waals surface area contributed by atoms with Gasteiger partial charge in [-0.1, -0.05) is 141 Å². The van der Waals surface area contributed by atoms with Crippen LogP contribution in [0.15, 0.2) is 191 Å². The molecule has 0 aliphatic heterocycles. The van der Waals surface area contributed by atoms with Crippen LogP contribution in [0.1, 0.15) is 36.1 Å². The Bertz CT molecular complexity index is 2990. The van der Waals surface area contributed by atoms with E-state index >= 15 is 0 Å². The van der Waals surface area contributed by atoms with Crippen LogP contribution < -0.4 is 4.90 Å². The molecule has 55 heavy (non-hydrogen) atoms. The van der Waals surface area contributed by atoms with Crippen molar-refractivity contribution in [2.24, 2.45) is 0 Å². The van der Waals surface area contributed by atoms with Gasteiger partial charge in [0.15, 0.2) is 0 Å². The fourth-order valence-corrected chi connectivity index (χ4v) is 10.4. The van der Waals surface area contributed by atoms with Gasteiger partial charge in [-0.3, -0.25) is 0 Å². The maximum Gasteiger partial charge on any atom is 0.149 e. The van der Waals surface area contributed by atoms with Crippen LogP contribution in [0.25, 0.3) is 53.2 Å². The molecule has 1 aliphatic rings. The number of nitrogens with zero attached hydrogens (tertiary/aromatic N) is 1. The summed E-state index contributed by atoms with van der Waals surface area (Å²) in [6.07, 6.45) is 0. The standard InChI is InChI=1S/C49H30BrNOS.C2H6/c50-44-30-35(28-41-38-18-8-11-21-45(38)52-48(41)44)51(33-24-26-47-40(27-33)39-19-9-12-22-46(39)53-47)34-23-25-37-36-17-7-10-20-42(36)49(43(37)29-34,31-13-3-1-4-14-31)32-15-5-2-6-16-32;1-2/h1-30H;1-2H3. The number of anilines is 3. The van der Waals surface area contributed by atoms with E-state index in [0.717, 1.165) is 43.5 Å². The van der Waals surface area contributed by atoms with E-state index in [4.69, 9.17) is 4.42 Å². The Labute approximate surface area is 333 Å². The zero-order chi connectivity index (χ0) is 37.1. The third-order valence-electron chi connectivity index (χ3n) is 11.0. The van der Waals surface area contributed by atoms with Gasteiger partial charge in [0.25, 0.3) is 0 Å². The number of furan rings is 1. The van der Waals surface area contributed by atoms with Crippen LogP contribution in [0.4, 0.5) is 17.1 Å².